The molecule has 0 aromatic heterocycles. The smallest absolute Gasteiger partial charge is 0.407 e. The van der Waals surface area contributed by atoms with Gasteiger partial charge in [0.15, 0.2) is 0 Å². The van der Waals surface area contributed by atoms with Crippen molar-refractivity contribution in [1.82, 2.24) is 10.2 Å². The summed E-state index contributed by atoms with van der Waals surface area (Å²) >= 11 is 0. The number of hydrogen-bond donors (Lipinski definition) is 2. The van der Waals surface area contributed by atoms with Crippen molar-refractivity contribution in [3.05, 3.63) is 71.8 Å². The Balaban J connectivity index is 1.94. The Morgan fingerprint density at radius 1 is 1.05 bits per heavy atom. The van der Waals surface area contributed by atoms with Gasteiger partial charge in [-0.1, -0.05) is 60.7 Å². The molecule has 0 heterocycles. The molecule has 4 nitrogen and oxygen atoms in total. The number of amides is 1. The molecule has 4 heteroatoms. The highest BCUT2D eigenvalue weighted by Crippen LogP contribution is 2.08. The highest BCUT2D eigenvalue weighted by atomic mass is 16.4. The van der Waals surface area contributed by atoms with Gasteiger partial charge in [-0.15, -0.1) is 0 Å². The van der Waals surface area contributed by atoms with Crippen LogP contribution >= 0.6 is 0 Å². The molecule has 0 saturated carbocycles. The molecule has 0 aliphatic carbocycles. The van der Waals surface area contributed by atoms with Gasteiger partial charge in [0.2, 0.25) is 0 Å². The Hall–Kier alpha value is -2.33. The van der Waals surface area contributed by atoms with E-state index >= 15 is 0 Å². The zero-order chi connectivity index (χ0) is 15.8. The summed E-state index contributed by atoms with van der Waals surface area (Å²) in [7, 11) is 1.63. The fraction of sp³-hybridized carbons (Fsp3) is 0.278. The van der Waals surface area contributed by atoms with Gasteiger partial charge >= 0.3 is 6.09 Å². The number of likely N-dealkylation sites (N-methyl/N-ethyl adjacent to an activating group) is 1. The monoisotopic (exact) mass is 298 g/mol. The summed E-state index contributed by atoms with van der Waals surface area (Å²) in [5.41, 5.74) is 2.33. The Labute approximate surface area is 131 Å². The summed E-state index contributed by atoms with van der Waals surface area (Å²) in [6, 6.07) is 20.0. The zero-order valence-corrected chi connectivity index (χ0v) is 12.8. The van der Waals surface area contributed by atoms with Crippen LogP contribution in [0.1, 0.15) is 11.1 Å². The van der Waals surface area contributed by atoms with Crippen LogP contribution in [0, 0.1) is 0 Å². The molecule has 1 atom stereocenters. The number of rotatable bonds is 7. The van der Waals surface area contributed by atoms with Crippen molar-refractivity contribution in [3.63, 3.8) is 0 Å². The van der Waals surface area contributed by atoms with Crippen LogP contribution < -0.4 is 5.32 Å². The van der Waals surface area contributed by atoms with Gasteiger partial charge in [0, 0.05) is 20.1 Å². The number of benzene rings is 2. The maximum Gasteiger partial charge on any atom is 0.407 e. The molecule has 0 radical (unpaired) electrons. The number of nitrogens with zero attached hydrogens (tertiary/aromatic N) is 1. The summed E-state index contributed by atoms with van der Waals surface area (Å²) in [4.78, 5) is 12.6. The fourth-order valence-electron chi connectivity index (χ4n) is 2.37. The lowest BCUT2D eigenvalue weighted by atomic mass is 10.0. The van der Waals surface area contributed by atoms with E-state index in [1.54, 1.807) is 7.05 Å². The molecule has 0 aliphatic rings. The van der Waals surface area contributed by atoms with E-state index in [1.165, 1.54) is 10.5 Å². The first-order valence-electron chi connectivity index (χ1n) is 7.41. The Morgan fingerprint density at radius 2 is 1.59 bits per heavy atom. The van der Waals surface area contributed by atoms with Crippen LogP contribution in [-0.2, 0) is 13.0 Å². The summed E-state index contributed by atoms with van der Waals surface area (Å²) in [6.07, 6.45) is -0.201. The average Bonchev–Trinajstić information content (AvgIpc) is 2.55. The van der Waals surface area contributed by atoms with Gasteiger partial charge in [0.1, 0.15) is 0 Å². The van der Waals surface area contributed by atoms with Crippen LogP contribution in [0.4, 0.5) is 4.79 Å². The average molecular weight is 298 g/mol. The van der Waals surface area contributed by atoms with Crippen molar-refractivity contribution in [2.45, 2.75) is 19.0 Å². The summed E-state index contributed by atoms with van der Waals surface area (Å²) in [5, 5.41) is 12.6. The molecule has 1 unspecified atom stereocenters. The van der Waals surface area contributed by atoms with Gasteiger partial charge in [-0.25, -0.2) is 4.79 Å². The van der Waals surface area contributed by atoms with E-state index in [4.69, 9.17) is 0 Å². The molecule has 2 aromatic rings. The van der Waals surface area contributed by atoms with E-state index < -0.39 is 6.09 Å². The fourth-order valence-corrected chi connectivity index (χ4v) is 2.37. The standard InChI is InChI=1S/C18H22N2O2/c1-20(18(21)22)17(12-15-8-4-2-5-9-15)14-19-13-16-10-6-3-7-11-16/h2-11,17,19H,12-14H2,1H3,(H,21,22). The minimum Gasteiger partial charge on any atom is -0.465 e. The first-order chi connectivity index (χ1) is 10.7. The van der Waals surface area contributed by atoms with E-state index in [-0.39, 0.29) is 6.04 Å². The summed E-state index contributed by atoms with van der Waals surface area (Å²) < 4.78 is 0. The Morgan fingerprint density at radius 3 is 2.14 bits per heavy atom. The van der Waals surface area contributed by atoms with E-state index in [0.717, 1.165) is 12.1 Å². The molecule has 0 bridgehead atoms. The molecule has 0 saturated heterocycles. The van der Waals surface area contributed by atoms with E-state index in [1.807, 2.05) is 48.5 Å². The van der Waals surface area contributed by atoms with Crippen molar-refractivity contribution >= 4 is 6.09 Å². The molecule has 2 aromatic carbocycles. The van der Waals surface area contributed by atoms with E-state index in [2.05, 4.69) is 17.4 Å². The van der Waals surface area contributed by atoms with Gasteiger partial charge in [0.25, 0.3) is 0 Å². The molecule has 0 spiro atoms. The van der Waals surface area contributed by atoms with Crippen LogP contribution in [0.2, 0.25) is 0 Å². The van der Waals surface area contributed by atoms with Crippen molar-refractivity contribution < 1.29 is 9.90 Å². The molecule has 116 valence electrons. The molecule has 2 N–H and O–H groups in total. The SMILES string of the molecule is CN(C(=O)O)C(CNCc1ccccc1)Cc1ccccc1. The van der Waals surface area contributed by atoms with Crippen LogP contribution in [0.15, 0.2) is 60.7 Å². The Bertz CT molecular complexity index is 572. The van der Waals surface area contributed by atoms with Crippen molar-refractivity contribution in [2.24, 2.45) is 0 Å². The third-order valence-electron chi connectivity index (χ3n) is 3.72. The van der Waals surface area contributed by atoms with Crippen LogP contribution in [0.25, 0.3) is 0 Å². The van der Waals surface area contributed by atoms with Crippen molar-refractivity contribution in [1.29, 1.82) is 0 Å². The van der Waals surface area contributed by atoms with Crippen molar-refractivity contribution in [2.75, 3.05) is 13.6 Å². The third kappa shape index (κ3) is 4.90. The lowest BCUT2D eigenvalue weighted by Gasteiger charge is -2.26. The first-order valence-corrected chi connectivity index (χ1v) is 7.41. The molecule has 2 rings (SSSR count). The zero-order valence-electron chi connectivity index (χ0n) is 12.8. The molecule has 22 heavy (non-hydrogen) atoms. The number of carbonyl (C=O) groups is 1. The second kappa shape index (κ2) is 8.20. The van der Waals surface area contributed by atoms with Crippen LogP contribution in [-0.4, -0.2) is 35.7 Å². The normalized spacial score (nSPS) is 11.9. The predicted molar refractivity (Wildman–Crippen MR) is 87.9 cm³/mol. The minimum atomic E-state index is -0.901. The Kier molecular flexibility index (Phi) is 5.98. The lowest BCUT2D eigenvalue weighted by Crippen LogP contribution is -2.44. The summed E-state index contributed by atoms with van der Waals surface area (Å²) in [5.74, 6) is 0. The largest absolute Gasteiger partial charge is 0.465 e. The first kappa shape index (κ1) is 16.0. The minimum absolute atomic E-state index is 0.0939. The number of nitrogens with one attached hydrogen (secondary N) is 1. The van der Waals surface area contributed by atoms with E-state index in [0.29, 0.717) is 13.0 Å². The number of hydrogen-bond acceptors (Lipinski definition) is 2. The van der Waals surface area contributed by atoms with Crippen LogP contribution in [0.5, 0.6) is 0 Å². The molecular formula is C18H22N2O2. The highest BCUT2D eigenvalue weighted by molar-refractivity contribution is 5.65. The van der Waals surface area contributed by atoms with Gasteiger partial charge in [-0.2, -0.15) is 0 Å². The predicted octanol–water partition coefficient (Wildman–Crippen LogP) is 3.00. The van der Waals surface area contributed by atoms with E-state index in [9.17, 15) is 9.90 Å². The lowest BCUT2D eigenvalue weighted by molar-refractivity contribution is 0.137. The topological polar surface area (TPSA) is 52.6 Å². The van der Waals surface area contributed by atoms with Gasteiger partial charge in [0.05, 0.1) is 6.04 Å². The van der Waals surface area contributed by atoms with Gasteiger partial charge in [-0.05, 0) is 17.5 Å². The van der Waals surface area contributed by atoms with Gasteiger partial charge in [-0.3, -0.25) is 0 Å². The molecule has 0 aliphatic heterocycles. The van der Waals surface area contributed by atoms with Crippen LogP contribution in [0.3, 0.4) is 0 Å². The van der Waals surface area contributed by atoms with Gasteiger partial charge < -0.3 is 15.3 Å². The molecule has 0 fully saturated rings. The third-order valence-corrected chi connectivity index (χ3v) is 3.72. The molecular weight excluding hydrogens is 276 g/mol. The second-order valence-electron chi connectivity index (χ2n) is 5.35. The molecule has 1 amide bonds. The second-order valence-corrected chi connectivity index (χ2v) is 5.35. The maximum atomic E-state index is 11.3. The summed E-state index contributed by atoms with van der Waals surface area (Å²) in [6.45, 7) is 1.35. The number of carboxylic acid groups (broad SMARTS) is 1. The maximum absolute atomic E-state index is 11.3. The van der Waals surface area contributed by atoms with Crippen molar-refractivity contribution in [3.8, 4) is 0 Å². The quantitative estimate of drug-likeness (QED) is 0.826. The highest BCUT2D eigenvalue weighted by Gasteiger charge is 2.19.